The van der Waals surface area contributed by atoms with Crippen LogP contribution in [0.1, 0.15) is 18.5 Å². The topological polar surface area (TPSA) is 71.2 Å². The first kappa shape index (κ1) is 12.5. The minimum Gasteiger partial charge on any atom is -0.349 e. The lowest BCUT2D eigenvalue weighted by atomic mass is 10.1. The van der Waals surface area contributed by atoms with Gasteiger partial charge < -0.3 is 11.1 Å². The Hall–Kier alpha value is -0.980. The second-order valence-corrected chi connectivity index (χ2v) is 5.09. The molecule has 1 fully saturated rings. The van der Waals surface area contributed by atoms with E-state index in [0.29, 0.717) is 19.1 Å². The highest BCUT2D eigenvalue weighted by molar-refractivity contribution is 7.07. The van der Waals surface area contributed by atoms with E-state index in [2.05, 4.69) is 15.2 Å². The first-order chi connectivity index (χ1) is 8.24. The zero-order valence-corrected chi connectivity index (χ0v) is 10.6. The standard InChI is InChI=1S/C11H18N4OS/c12-9-1-3-15(4-2-9)6-11(16)13-5-10-7-17-8-14-10/h7-9H,1-6,12H2,(H,13,16). The highest BCUT2D eigenvalue weighted by atomic mass is 32.1. The number of aromatic nitrogens is 1. The average Bonchev–Trinajstić information content (AvgIpc) is 2.83. The molecule has 0 atom stereocenters. The molecule has 0 aromatic carbocycles. The van der Waals surface area contributed by atoms with Crippen molar-refractivity contribution in [2.75, 3.05) is 19.6 Å². The number of hydrogen-bond donors (Lipinski definition) is 2. The molecule has 1 amide bonds. The zero-order chi connectivity index (χ0) is 12.1. The molecule has 0 bridgehead atoms. The third-order valence-electron chi connectivity index (χ3n) is 2.95. The fourth-order valence-corrected chi connectivity index (χ4v) is 2.44. The van der Waals surface area contributed by atoms with Crippen LogP contribution in [0.4, 0.5) is 0 Å². The molecule has 2 heterocycles. The molecule has 1 aromatic rings. The molecule has 0 unspecified atom stereocenters. The Labute approximate surface area is 105 Å². The molecule has 0 aliphatic carbocycles. The van der Waals surface area contributed by atoms with Gasteiger partial charge in [-0.15, -0.1) is 11.3 Å². The summed E-state index contributed by atoms with van der Waals surface area (Å²) in [6, 6.07) is 0.310. The molecular formula is C11H18N4OS. The highest BCUT2D eigenvalue weighted by Gasteiger charge is 2.17. The maximum absolute atomic E-state index is 11.7. The summed E-state index contributed by atoms with van der Waals surface area (Å²) < 4.78 is 0. The van der Waals surface area contributed by atoms with Crippen LogP contribution in [0.15, 0.2) is 10.9 Å². The first-order valence-corrected chi connectivity index (χ1v) is 6.80. The van der Waals surface area contributed by atoms with Gasteiger partial charge in [-0.1, -0.05) is 0 Å². The Morgan fingerprint density at radius 2 is 2.35 bits per heavy atom. The van der Waals surface area contributed by atoms with Gasteiger partial charge in [-0.2, -0.15) is 0 Å². The monoisotopic (exact) mass is 254 g/mol. The molecule has 17 heavy (non-hydrogen) atoms. The number of hydrogen-bond acceptors (Lipinski definition) is 5. The van der Waals surface area contributed by atoms with E-state index in [4.69, 9.17) is 5.73 Å². The van der Waals surface area contributed by atoms with Crippen molar-refractivity contribution in [2.24, 2.45) is 5.73 Å². The van der Waals surface area contributed by atoms with Gasteiger partial charge in [-0.25, -0.2) is 4.98 Å². The van der Waals surface area contributed by atoms with Crippen molar-refractivity contribution < 1.29 is 4.79 Å². The molecule has 1 aliphatic heterocycles. The van der Waals surface area contributed by atoms with Gasteiger partial charge in [0.1, 0.15) is 0 Å². The summed E-state index contributed by atoms with van der Waals surface area (Å²) in [4.78, 5) is 18.0. The predicted molar refractivity (Wildman–Crippen MR) is 67.6 cm³/mol. The van der Waals surface area contributed by atoms with Crippen molar-refractivity contribution in [2.45, 2.75) is 25.4 Å². The molecular weight excluding hydrogens is 236 g/mol. The highest BCUT2D eigenvalue weighted by Crippen LogP contribution is 2.07. The fraction of sp³-hybridized carbons (Fsp3) is 0.636. The van der Waals surface area contributed by atoms with E-state index < -0.39 is 0 Å². The average molecular weight is 254 g/mol. The van der Waals surface area contributed by atoms with Crippen LogP contribution in [-0.2, 0) is 11.3 Å². The van der Waals surface area contributed by atoms with Gasteiger partial charge in [-0.05, 0) is 12.8 Å². The van der Waals surface area contributed by atoms with Crippen molar-refractivity contribution in [3.05, 3.63) is 16.6 Å². The normalized spacial score (nSPS) is 18.2. The Morgan fingerprint density at radius 1 is 1.59 bits per heavy atom. The number of amides is 1. The molecule has 0 radical (unpaired) electrons. The second kappa shape index (κ2) is 6.09. The predicted octanol–water partition coefficient (Wildman–Crippen LogP) is 0.182. The van der Waals surface area contributed by atoms with Gasteiger partial charge >= 0.3 is 0 Å². The van der Waals surface area contributed by atoms with E-state index in [1.165, 1.54) is 0 Å². The maximum Gasteiger partial charge on any atom is 0.234 e. The molecule has 1 aromatic heterocycles. The molecule has 6 heteroatoms. The smallest absolute Gasteiger partial charge is 0.234 e. The minimum atomic E-state index is 0.0634. The number of nitrogens with zero attached hydrogens (tertiary/aromatic N) is 2. The van der Waals surface area contributed by atoms with E-state index in [9.17, 15) is 4.79 Å². The summed E-state index contributed by atoms with van der Waals surface area (Å²) in [6.07, 6.45) is 1.97. The van der Waals surface area contributed by atoms with E-state index in [1.54, 1.807) is 16.8 Å². The van der Waals surface area contributed by atoms with E-state index in [0.717, 1.165) is 31.6 Å². The quantitative estimate of drug-likeness (QED) is 0.804. The van der Waals surface area contributed by atoms with Gasteiger partial charge in [0, 0.05) is 24.5 Å². The molecule has 0 spiro atoms. The van der Waals surface area contributed by atoms with Crippen molar-refractivity contribution in [1.29, 1.82) is 0 Å². The van der Waals surface area contributed by atoms with Gasteiger partial charge in [0.2, 0.25) is 5.91 Å². The third kappa shape index (κ3) is 4.07. The number of piperidine rings is 1. The molecule has 1 saturated heterocycles. The maximum atomic E-state index is 11.7. The molecule has 5 nitrogen and oxygen atoms in total. The summed E-state index contributed by atoms with van der Waals surface area (Å²) in [5.41, 5.74) is 8.51. The number of thiazole rings is 1. The number of carbonyl (C=O) groups is 1. The van der Waals surface area contributed by atoms with Crippen LogP contribution in [0.5, 0.6) is 0 Å². The lowest BCUT2D eigenvalue weighted by molar-refractivity contribution is -0.122. The summed E-state index contributed by atoms with van der Waals surface area (Å²) in [6.45, 7) is 2.84. The Balaban J connectivity index is 1.67. The van der Waals surface area contributed by atoms with Crippen LogP contribution in [0, 0.1) is 0 Å². The van der Waals surface area contributed by atoms with Crippen molar-refractivity contribution in [1.82, 2.24) is 15.2 Å². The van der Waals surface area contributed by atoms with Crippen LogP contribution < -0.4 is 11.1 Å². The van der Waals surface area contributed by atoms with Gasteiger partial charge in [0.15, 0.2) is 0 Å². The second-order valence-electron chi connectivity index (χ2n) is 4.37. The van der Waals surface area contributed by atoms with Crippen LogP contribution in [0.2, 0.25) is 0 Å². The van der Waals surface area contributed by atoms with E-state index >= 15 is 0 Å². The Kier molecular flexibility index (Phi) is 4.47. The first-order valence-electron chi connectivity index (χ1n) is 5.86. The van der Waals surface area contributed by atoms with Crippen LogP contribution in [0.3, 0.4) is 0 Å². The number of carbonyl (C=O) groups excluding carboxylic acids is 1. The number of likely N-dealkylation sites (tertiary alicyclic amines) is 1. The van der Waals surface area contributed by atoms with Gasteiger partial charge in [-0.3, -0.25) is 9.69 Å². The molecule has 94 valence electrons. The lowest BCUT2D eigenvalue weighted by Gasteiger charge is -2.29. The number of nitrogens with one attached hydrogen (secondary N) is 1. The largest absolute Gasteiger partial charge is 0.349 e. The Bertz CT molecular complexity index is 346. The van der Waals surface area contributed by atoms with Crippen LogP contribution in [0.25, 0.3) is 0 Å². The molecule has 2 rings (SSSR count). The van der Waals surface area contributed by atoms with Crippen molar-refractivity contribution >= 4 is 17.2 Å². The van der Waals surface area contributed by atoms with Gasteiger partial charge in [0.25, 0.3) is 0 Å². The fourth-order valence-electron chi connectivity index (χ4n) is 1.88. The van der Waals surface area contributed by atoms with Crippen LogP contribution in [-0.4, -0.2) is 41.5 Å². The third-order valence-corrected chi connectivity index (χ3v) is 3.58. The van der Waals surface area contributed by atoms with Crippen molar-refractivity contribution in [3.8, 4) is 0 Å². The zero-order valence-electron chi connectivity index (χ0n) is 9.76. The summed E-state index contributed by atoms with van der Waals surface area (Å²) >= 11 is 1.54. The molecule has 1 aliphatic rings. The van der Waals surface area contributed by atoms with E-state index in [-0.39, 0.29) is 5.91 Å². The van der Waals surface area contributed by atoms with Gasteiger partial charge in [0.05, 0.1) is 24.3 Å². The molecule has 3 N–H and O–H groups in total. The van der Waals surface area contributed by atoms with Crippen molar-refractivity contribution in [3.63, 3.8) is 0 Å². The molecule has 0 saturated carbocycles. The minimum absolute atomic E-state index is 0.0634. The van der Waals surface area contributed by atoms with Crippen LogP contribution >= 0.6 is 11.3 Å². The number of nitrogens with two attached hydrogens (primary N) is 1. The summed E-state index contributed by atoms with van der Waals surface area (Å²) in [7, 11) is 0. The summed E-state index contributed by atoms with van der Waals surface area (Å²) in [5, 5.41) is 4.82. The number of rotatable bonds is 4. The lowest BCUT2D eigenvalue weighted by Crippen LogP contribution is -2.44. The summed E-state index contributed by atoms with van der Waals surface area (Å²) in [5.74, 6) is 0.0634. The Morgan fingerprint density at radius 3 is 3.00 bits per heavy atom. The van der Waals surface area contributed by atoms with E-state index in [1.807, 2.05) is 5.38 Å². The SMILES string of the molecule is NC1CCN(CC(=O)NCc2cscn2)CC1.